The molecule has 4 N–H and O–H groups in total. The smallest absolute Gasteiger partial charge is 0.265 e. The van der Waals surface area contributed by atoms with Crippen LogP contribution < -0.4 is 16.4 Å². The summed E-state index contributed by atoms with van der Waals surface area (Å²) in [6, 6.07) is 0.256. The number of thioether (sulfide) groups is 1. The van der Waals surface area contributed by atoms with Gasteiger partial charge in [-0.15, -0.1) is 0 Å². The minimum Gasteiger partial charge on any atom is -0.382 e. The molecule has 2 unspecified atom stereocenters. The number of thiazole rings is 1. The van der Waals surface area contributed by atoms with Gasteiger partial charge in [0.1, 0.15) is 10.7 Å². The van der Waals surface area contributed by atoms with Crippen LogP contribution in [0, 0.1) is 0 Å². The molecule has 106 valence electrons. The van der Waals surface area contributed by atoms with Crippen molar-refractivity contribution in [3.05, 3.63) is 4.88 Å². The Balaban J connectivity index is 2.03. The molecular formula is C12H20N4OS2. The van der Waals surface area contributed by atoms with E-state index in [9.17, 15) is 4.79 Å². The Hall–Kier alpha value is -0.950. The maximum atomic E-state index is 12.2. The number of rotatable bonds is 5. The zero-order valence-electron chi connectivity index (χ0n) is 11.2. The summed E-state index contributed by atoms with van der Waals surface area (Å²) in [6.07, 6.45) is 5.50. The first-order chi connectivity index (χ1) is 9.15. The third-order valence-corrected chi connectivity index (χ3v) is 5.46. The lowest BCUT2D eigenvalue weighted by Gasteiger charge is -2.18. The fraction of sp³-hybridized carbons (Fsp3) is 0.667. The first-order valence-electron chi connectivity index (χ1n) is 6.49. The molecule has 7 heteroatoms. The van der Waals surface area contributed by atoms with Crippen molar-refractivity contribution in [2.45, 2.75) is 37.5 Å². The second-order valence-corrected chi connectivity index (χ2v) is 6.62. The first kappa shape index (κ1) is 14.5. The highest BCUT2D eigenvalue weighted by atomic mass is 32.2. The van der Waals surface area contributed by atoms with Crippen LogP contribution >= 0.6 is 23.1 Å². The van der Waals surface area contributed by atoms with Crippen LogP contribution in [0.2, 0.25) is 0 Å². The van der Waals surface area contributed by atoms with Crippen molar-refractivity contribution in [2.75, 3.05) is 23.9 Å². The van der Waals surface area contributed by atoms with E-state index in [4.69, 9.17) is 5.73 Å². The van der Waals surface area contributed by atoms with Gasteiger partial charge in [0.15, 0.2) is 5.13 Å². The number of nitrogens with two attached hydrogens (primary N) is 1. The number of nitrogens with one attached hydrogen (secondary N) is 2. The SMILES string of the molecule is CCNc1nc(N)c(C(=O)NC2CCCC2SC)s1. The van der Waals surface area contributed by atoms with Crippen LogP contribution in [0.5, 0.6) is 0 Å². The van der Waals surface area contributed by atoms with Gasteiger partial charge in [0.05, 0.1) is 0 Å². The van der Waals surface area contributed by atoms with E-state index in [-0.39, 0.29) is 11.9 Å². The number of nitrogen functional groups attached to an aromatic ring is 1. The number of carbonyl (C=O) groups excluding carboxylic acids is 1. The average molecular weight is 300 g/mol. The van der Waals surface area contributed by atoms with Crippen LogP contribution in [-0.4, -0.2) is 35.0 Å². The number of nitrogens with zero attached hydrogens (tertiary/aromatic N) is 1. The lowest BCUT2D eigenvalue weighted by Crippen LogP contribution is -2.38. The summed E-state index contributed by atoms with van der Waals surface area (Å²) >= 11 is 3.14. The third-order valence-electron chi connectivity index (χ3n) is 3.26. The molecule has 0 aliphatic heterocycles. The minimum absolute atomic E-state index is 0.0925. The summed E-state index contributed by atoms with van der Waals surface area (Å²) in [4.78, 5) is 16.9. The van der Waals surface area contributed by atoms with Crippen molar-refractivity contribution in [1.29, 1.82) is 0 Å². The maximum absolute atomic E-state index is 12.2. The molecule has 2 atom stereocenters. The van der Waals surface area contributed by atoms with E-state index in [1.54, 1.807) is 0 Å². The number of anilines is 2. The summed E-state index contributed by atoms with van der Waals surface area (Å²) in [7, 11) is 0. The molecule has 1 aromatic rings. The molecule has 1 amide bonds. The van der Waals surface area contributed by atoms with Crippen LogP contribution in [0.25, 0.3) is 0 Å². The van der Waals surface area contributed by atoms with Crippen molar-refractivity contribution in [2.24, 2.45) is 0 Å². The highest BCUT2D eigenvalue weighted by molar-refractivity contribution is 7.99. The van der Waals surface area contributed by atoms with Gasteiger partial charge < -0.3 is 16.4 Å². The van der Waals surface area contributed by atoms with Gasteiger partial charge >= 0.3 is 0 Å². The van der Waals surface area contributed by atoms with Gasteiger partial charge in [0, 0.05) is 17.8 Å². The largest absolute Gasteiger partial charge is 0.382 e. The van der Waals surface area contributed by atoms with Gasteiger partial charge in [-0.3, -0.25) is 4.79 Å². The van der Waals surface area contributed by atoms with Crippen LogP contribution in [0.1, 0.15) is 35.9 Å². The number of amides is 1. The van der Waals surface area contributed by atoms with E-state index in [0.717, 1.165) is 13.0 Å². The maximum Gasteiger partial charge on any atom is 0.265 e. The second kappa shape index (κ2) is 6.47. The molecule has 0 spiro atoms. The Morgan fingerprint density at radius 1 is 1.58 bits per heavy atom. The lowest BCUT2D eigenvalue weighted by atomic mass is 10.2. The van der Waals surface area contributed by atoms with E-state index in [0.29, 0.717) is 21.1 Å². The quantitative estimate of drug-likeness (QED) is 0.776. The van der Waals surface area contributed by atoms with Gasteiger partial charge in [-0.2, -0.15) is 11.8 Å². The van der Waals surface area contributed by atoms with E-state index in [1.807, 2.05) is 18.7 Å². The zero-order valence-corrected chi connectivity index (χ0v) is 12.9. The predicted molar refractivity (Wildman–Crippen MR) is 83.1 cm³/mol. The van der Waals surface area contributed by atoms with Crippen molar-refractivity contribution >= 4 is 40.0 Å². The Kier molecular flexibility index (Phi) is 4.93. The van der Waals surface area contributed by atoms with Crippen molar-refractivity contribution < 1.29 is 4.79 Å². The van der Waals surface area contributed by atoms with E-state index in [1.165, 1.54) is 24.2 Å². The second-order valence-electron chi connectivity index (χ2n) is 4.55. The topological polar surface area (TPSA) is 80.0 Å². The van der Waals surface area contributed by atoms with Crippen molar-refractivity contribution in [3.63, 3.8) is 0 Å². The Bertz CT molecular complexity index is 449. The summed E-state index contributed by atoms with van der Waals surface area (Å²) in [5, 5.41) is 7.40. The van der Waals surface area contributed by atoms with Gasteiger partial charge in [-0.25, -0.2) is 4.98 Å². The molecule has 0 aromatic carbocycles. The van der Waals surface area contributed by atoms with E-state index in [2.05, 4.69) is 21.9 Å². The summed E-state index contributed by atoms with van der Waals surface area (Å²) in [5.41, 5.74) is 5.81. The molecule has 1 aliphatic rings. The van der Waals surface area contributed by atoms with Gasteiger partial charge in [0.2, 0.25) is 0 Å². The minimum atomic E-state index is -0.0925. The Labute approximate surface area is 121 Å². The molecule has 1 fully saturated rings. The third kappa shape index (κ3) is 3.33. The molecule has 0 bridgehead atoms. The number of aromatic nitrogens is 1. The molecule has 0 saturated heterocycles. The highest BCUT2D eigenvalue weighted by Crippen LogP contribution is 2.30. The molecule has 0 radical (unpaired) electrons. The van der Waals surface area contributed by atoms with Crippen LogP contribution in [0.3, 0.4) is 0 Å². The molecule has 1 aliphatic carbocycles. The highest BCUT2D eigenvalue weighted by Gasteiger charge is 2.29. The van der Waals surface area contributed by atoms with Crippen LogP contribution in [0.15, 0.2) is 0 Å². The standard InChI is InChI=1S/C12H20N4OS2/c1-3-14-12-16-10(13)9(19-12)11(17)15-7-5-4-6-8(7)18-2/h7-8H,3-6,13H2,1-2H3,(H,14,16)(H,15,17). The normalized spacial score (nSPS) is 22.4. The number of carbonyl (C=O) groups is 1. The molecule has 1 saturated carbocycles. The molecular weight excluding hydrogens is 280 g/mol. The predicted octanol–water partition coefficient (Wildman–Crippen LogP) is 2.17. The summed E-state index contributed by atoms with van der Waals surface area (Å²) in [5.74, 6) is 0.224. The molecule has 1 aromatic heterocycles. The summed E-state index contributed by atoms with van der Waals surface area (Å²) < 4.78 is 0. The van der Waals surface area contributed by atoms with Crippen molar-refractivity contribution in [3.8, 4) is 0 Å². The van der Waals surface area contributed by atoms with E-state index < -0.39 is 0 Å². The number of hydrogen-bond donors (Lipinski definition) is 3. The fourth-order valence-electron chi connectivity index (χ4n) is 2.33. The Morgan fingerprint density at radius 2 is 2.37 bits per heavy atom. The number of hydrogen-bond acceptors (Lipinski definition) is 6. The lowest BCUT2D eigenvalue weighted by molar-refractivity contribution is 0.0943. The molecule has 19 heavy (non-hydrogen) atoms. The monoisotopic (exact) mass is 300 g/mol. The Morgan fingerprint density at radius 3 is 3.05 bits per heavy atom. The molecule has 5 nitrogen and oxygen atoms in total. The van der Waals surface area contributed by atoms with Crippen molar-refractivity contribution in [1.82, 2.24) is 10.3 Å². The zero-order chi connectivity index (χ0) is 13.8. The van der Waals surface area contributed by atoms with Gasteiger partial charge in [0.25, 0.3) is 5.91 Å². The summed E-state index contributed by atoms with van der Waals surface area (Å²) in [6.45, 7) is 2.75. The molecule has 2 rings (SSSR count). The first-order valence-corrected chi connectivity index (χ1v) is 8.60. The van der Waals surface area contributed by atoms with E-state index >= 15 is 0 Å². The van der Waals surface area contributed by atoms with Gasteiger partial charge in [-0.05, 0) is 26.0 Å². The average Bonchev–Trinajstić information content (AvgIpc) is 2.96. The van der Waals surface area contributed by atoms with Crippen LogP contribution in [0.4, 0.5) is 10.9 Å². The fourth-order valence-corrected chi connectivity index (χ4v) is 4.12. The van der Waals surface area contributed by atoms with Crippen LogP contribution in [-0.2, 0) is 0 Å². The van der Waals surface area contributed by atoms with Gasteiger partial charge in [-0.1, -0.05) is 17.8 Å². The molecule has 1 heterocycles.